The van der Waals surface area contributed by atoms with Crippen LogP contribution in [0.4, 0.5) is 0 Å². The van der Waals surface area contributed by atoms with Crippen LogP contribution in [0, 0.1) is 0 Å². The Morgan fingerprint density at radius 2 is 0.712 bits per heavy atom. The Hall–Kier alpha value is -1.66. The van der Waals surface area contributed by atoms with Crippen molar-refractivity contribution < 1.29 is 24.5 Å². The summed E-state index contributed by atoms with van der Waals surface area (Å²) in [5.74, 6) is -0.0473. The Labute approximate surface area is 411 Å². The third-order valence-corrected chi connectivity index (χ3v) is 13.7. The standard InChI is InChI=1S/C60H115NO5/c1-3-5-7-9-11-13-15-17-19-25-28-32-36-40-44-48-52-58(63)57(56-62)61-59(64)53-49-45-41-37-33-29-26-23-21-20-22-24-27-31-35-39-43-47-51-55-66-60(65)54-50-46-42-38-34-30-18-16-14-12-10-8-6-4-2/h16,18,20-21,57-58,62-63H,3-15,17,19,22-56H2,1-2H3,(H,61,64)/b18-16-,21-20-. The molecular formula is C60H115NO5. The highest BCUT2D eigenvalue weighted by Gasteiger charge is 2.20. The van der Waals surface area contributed by atoms with Crippen LogP contribution in [0.1, 0.15) is 322 Å². The fourth-order valence-electron chi connectivity index (χ4n) is 9.16. The first-order valence-electron chi connectivity index (χ1n) is 29.6. The number of hydrogen-bond acceptors (Lipinski definition) is 5. The van der Waals surface area contributed by atoms with Crippen molar-refractivity contribution in [3.8, 4) is 0 Å². The van der Waals surface area contributed by atoms with E-state index in [4.69, 9.17) is 4.74 Å². The number of rotatable bonds is 55. The number of aliphatic hydroxyl groups excluding tert-OH is 2. The fourth-order valence-corrected chi connectivity index (χ4v) is 9.16. The van der Waals surface area contributed by atoms with Crippen LogP contribution in [0.15, 0.2) is 24.3 Å². The van der Waals surface area contributed by atoms with Crippen molar-refractivity contribution in [3.63, 3.8) is 0 Å². The number of allylic oxidation sites excluding steroid dienone is 4. The van der Waals surface area contributed by atoms with Gasteiger partial charge in [0.1, 0.15) is 0 Å². The normalized spacial score (nSPS) is 12.7. The van der Waals surface area contributed by atoms with Crippen molar-refractivity contribution in [2.24, 2.45) is 0 Å². The van der Waals surface area contributed by atoms with Gasteiger partial charge in [0.25, 0.3) is 0 Å². The zero-order valence-electron chi connectivity index (χ0n) is 44.4. The molecule has 0 bridgehead atoms. The minimum Gasteiger partial charge on any atom is -0.466 e. The third-order valence-electron chi connectivity index (χ3n) is 13.7. The number of nitrogens with one attached hydrogen (secondary N) is 1. The van der Waals surface area contributed by atoms with Gasteiger partial charge in [0.05, 0.1) is 25.4 Å². The van der Waals surface area contributed by atoms with E-state index in [1.54, 1.807) is 0 Å². The van der Waals surface area contributed by atoms with Gasteiger partial charge in [-0.1, -0.05) is 256 Å². The smallest absolute Gasteiger partial charge is 0.305 e. The SMILES string of the molecule is CCCCCCC/C=C\CCCCCCCC(=O)OCCCCCCCCCC/C=C\CCCCCCCCCC(=O)NC(CO)C(O)CCCCCCCCCCCCCCCCCC. The van der Waals surface area contributed by atoms with Crippen molar-refractivity contribution in [2.45, 2.75) is 334 Å². The predicted octanol–water partition coefficient (Wildman–Crippen LogP) is 18.2. The van der Waals surface area contributed by atoms with Crippen LogP contribution in [0.25, 0.3) is 0 Å². The van der Waals surface area contributed by atoms with Crippen LogP contribution >= 0.6 is 0 Å². The number of carbonyl (C=O) groups excluding carboxylic acids is 2. The van der Waals surface area contributed by atoms with Gasteiger partial charge in [0.2, 0.25) is 5.91 Å². The number of hydrogen-bond donors (Lipinski definition) is 3. The molecule has 2 atom stereocenters. The van der Waals surface area contributed by atoms with Gasteiger partial charge < -0.3 is 20.3 Å². The largest absolute Gasteiger partial charge is 0.466 e. The summed E-state index contributed by atoms with van der Waals surface area (Å²) in [5.41, 5.74) is 0. The fraction of sp³-hybridized carbons (Fsp3) is 0.900. The summed E-state index contributed by atoms with van der Waals surface area (Å²) < 4.78 is 5.47. The van der Waals surface area contributed by atoms with Gasteiger partial charge in [-0.2, -0.15) is 0 Å². The molecule has 0 aromatic rings. The van der Waals surface area contributed by atoms with Gasteiger partial charge in [0, 0.05) is 12.8 Å². The van der Waals surface area contributed by atoms with Crippen LogP contribution in [0.2, 0.25) is 0 Å². The summed E-state index contributed by atoms with van der Waals surface area (Å²) in [7, 11) is 0. The molecule has 6 heteroatoms. The maximum atomic E-state index is 12.5. The molecule has 66 heavy (non-hydrogen) atoms. The summed E-state index contributed by atoms with van der Waals surface area (Å²) in [6.07, 6.45) is 67.4. The molecule has 0 aliphatic carbocycles. The summed E-state index contributed by atoms with van der Waals surface area (Å²) in [4.78, 5) is 24.5. The first-order chi connectivity index (χ1) is 32.5. The second-order valence-electron chi connectivity index (χ2n) is 20.3. The van der Waals surface area contributed by atoms with Gasteiger partial charge in [-0.3, -0.25) is 9.59 Å². The van der Waals surface area contributed by atoms with E-state index in [1.807, 2.05) is 0 Å². The number of amides is 1. The van der Waals surface area contributed by atoms with Crippen LogP contribution in [-0.2, 0) is 14.3 Å². The first kappa shape index (κ1) is 64.3. The van der Waals surface area contributed by atoms with Crippen molar-refractivity contribution in [1.29, 1.82) is 0 Å². The van der Waals surface area contributed by atoms with Crippen LogP contribution in [-0.4, -0.2) is 47.4 Å². The third kappa shape index (κ3) is 51.7. The molecule has 0 heterocycles. The van der Waals surface area contributed by atoms with E-state index < -0.39 is 12.1 Å². The van der Waals surface area contributed by atoms with Crippen LogP contribution in [0.5, 0.6) is 0 Å². The molecule has 0 radical (unpaired) electrons. The summed E-state index contributed by atoms with van der Waals surface area (Å²) in [6, 6.07) is -0.548. The zero-order valence-corrected chi connectivity index (χ0v) is 44.4. The lowest BCUT2D eigenvalue weighted by Crippen LogP contribution is -2.45. The quantitative estimate of drug-likeness (QED) is 0.0321. The number of unbranched alkanes of at least 4 members (excludes halogenated alkanes) is 40. The topological polar surface area (TPSA) is 95.9 Å². The average Bonchev–Trinajstić information content (AvgIpc) is 3.32. The molecule has 1 amide bonds. The zero-order chi connectivity index (χ0) is 47.9. The molecule has 0 aromatic carbocycles. The molecule has 0 aromatic heterocycles. The van der Waals surface area contributed by atoms with Crippen molar-refractivity contribution in [2.75, 3.05) is 13.2 Å². The van der Waals surface area contributed by atoms with Crippen molar-refractivity contribution in [1.82, 2.24) is 5.32 Å². The monoisotopic (exact) mass is 930 g/mol. The number of ether oxygens (including phenoxy) is 1. The van der Waals surface area contributed by atoms with E-state index in [0.717, 1.165) is 44.9 Å². The molecule has 0 fully saturated rings. The van der Waals surface area contributed by atoms with E-state index in [1.165, 1.54) is 244 Å². The maximum absolute atomic E-state index is 12.5. The van der Waals surface area contributed by atoms with E-state index in [-0.39, 0.29) is 18.5 Å². The molecule has 6 nitrogen and oxygen atoms in total. The van der Waals surface area contributed by atoms with Gasteiger partial charge in [0.15, 0.2) is 0 Å². The molecule has 0 saturated heterocycles. The van der Waals surface area contributed by atoms with Crippen LogP contribution in [0.3, 0.4) is 0 Å². The Balaban J connectivity index is 3.44. The Bertz CT molecular complexity index is 1030. The van der Waals surface area contributed by atoms with E-state index >= 15 is 0 Å². The van der Waals surface area contributed by atoms with E-state index in [0.29, 0.717) is 25.9 Å². The lowest BCUT2D eigenvalue weighted by atomic mass is 10.0. The van der Waals surface area contributed by atoms with Crippen LogP contribution < -0.4 is 5.32 Å². The molecule has 0 saturated carbocycles. The minimum absolute atomic E-state index is 0.00431. The predicted molar refractivity (Wildman–Crippen MR) is 287 cm³/mol. The molecular weight excluding hydrogens is 815 g/mol. The van der Waals surface area contributed by atoms with E-state index in [9.17, 15) is 19.8 Å². The number of aliphatic hydroxyl groups is 2. The molecule has 2 unspecified atom stereocenters. The maximum Gasteiger partial charge on any atom is 0.305 e. The lowest BCUT2D eigenvalue weighted by molar-refractivity contribution is -0.143. The Morgan fingerprint density at radius 1 is 0.409 bits per heavy atom. The lowest BCUT2D eigenvalue weighted by Gasteiger charge is -2.22. The van der Waals surface area contributed by atoms with Gasteiger partial charge in [-0.15, -0.1) is 0 Å². The molecule has 0 aliphatic heterocycles. The van der Waals surface area contributed by atoms with Crippen molar-refractivity contribution >= 4 is 11.9 Å². The molecule has 0 rings (SSSR count). The van der Waals surface area contributed by atoms with E-state index in [2.05, 4.69) is 43.5 Å². The second kappa shape index (κ2) is 55.9. The summed E-state index contributed by atoms with van der Waals surface area (Å²) >= 11 is 0. The van der Waals surface area contributed by atoms with Gasteiger partial charge in [-0.05, 0) is 77.0 Å². The van der Waals surface area contributed by atoms with Gasteiger partial charge >= 0.3 is 5.97 Å². The minimum atomic E-state index is -0.670. The second-order valence-corrected chi connectivity index (χ2v) is 20.3. The van der Waals surface area contributed by atoms with Crippen molar-refractivity contribution in [3.05, 3.63) is 24.3 Å². The molecule has 0 spiro atoms. The average molecular weight is 931 g/mol. The number of esters is 1. The Morgan fingerprint density at radius 3 is 1.08 bits per heavy atom. The summed E-state index contributed by atoms with van der Waals surface area (Å²) in [5, 5.41) is 23.3. The first-order valence-corrected chi connectivity index (χ1v) is 29.6. The van der Waals surface area contributed by atoms with Gasteiger partial charge in [-0.25, -0.2) is 0 Å². The molecule has 0 aliphatic rings. The Kier molecular flexibility index (Phi) is 54.5. The molecule has 3 N–H and O–H groups in total. The highest BCUT2D eigenvalue weighted by atomic mass is 16.5. The number of carbonyl (C=O) groups is 2. The highest BCUT2D eigenvalue weighted by Crippen LogP contribution is 2.17. The molecule has 390 valence electrons. The highest BCUT2D eigenvalue weighted by molar-refractivity contribution is 5.76. The summed E-state index contributed by atoms with van der Waals surface area (Å²) in [6.45, 7) is 4.94.